The van der Waals surface area contributed by atoms with Crippen LogP contribution in [0, 0.1) is 10.7 Å². The molecule has 0 unspecified atom stereocenters. The van der Waals surface area contributed by atoms with E-state index < -0.39 is 0 Å². The maximum absolute atomic E-state index is 13.0. The summed E-state index contributed by atoms with van der Waals surface area (Å²) in [5.74, 6) is 0.706. The largest absolute Gasteiger partial charge is 0.376 e. The first-order valence-corrected chi connectivity index (χ1v) is 9.25. The van der Waals surface area contributed by atoms with Crippen molar-refractivity contribution in [2.24, 2.45) is 5.92 Å². The fourth-order valence-electron chi connectivity index (χ4n) is 3.61. The summed E-state index contributed by atoms with van der Waals surface area (Å²) in [6, 6.07) is 0. The summed E-state index contributed by atoms with van der Waals surface area (Å²) in [5.41, 5.74) is 1.33. The fraction of sp³-hybridized carbons (Fsp3) is 0.625. The third-order valence-corrected chi connectivity index (χ3v) is 6.34. The van der Waals surface area contributed by atoms with E-state index in [4.69, 9.17) is 17.0 Å². The maximum Gasteiger partial charge on any atom is 0.263 e. The zero-order valence-corrected chi connectivity index (χ0v) is 14.3. The van der Waals surface area contributed by atoms with E-state index in [9.17, 15) is 4.79 Å². The van der Waals surface area contributed by atoms with Crippen molar-refractivity contribution in [2.75, 3.05) is 6.61 Å². The van der Waals surface area contributed by atoms with E-state index in [1.54, 1.807) is 15.9 Å². The summed E-state index contributed by atoms with van der Waals surface area (Å²) in [6.45, 7) is 3.65. The van der Waals surface area contributed by atoms with Crippen LogP contribution in [0.2, 0.25) is 0 Å². The van der Waals surface area contributed by atoms with Crippen molar-refractivity contribution >= 4 is 33.8 Å². The normalized spacial score (nSPS) is 24.8. The lowest BCUT2D eigenvalue weighted by Gasteiger charge is -2.17. The number of H-pyrrole nitrogens is 1. The van der Waals surface area contributed by atoms with Crippen molar-refractivity contribution in [1.29, 1.82) is 0 Å². The van der Waals surface area contributed by atoms with Crippen molar-refractivity contribution < 1.29 is 4.74 Å². The Bertz CT molecular complexity index is 827. The third-order valence-electron chi connectivity index (χ3n) is 4.85. The minimum atomic E-state index is 0.0707. The van der Waals surface area contributed by atoms with Gasteiger partial charge >= 0.3 is 0 Å². The summed E-state index contributed by atoms with van der Waals surface area (Å²) in [5, 5.41) is 0.874. The van der Waals surface area contributed by atoms with Gasteiger partial charge in [0.25, 0.3) is 5.56 Å². The molecule has 1 aliphatic carbocycles. The van der Waals surface area contributed by atoms with Gasteiger partial charge < -0.3 is 9.72 Å². The molecule has 4 rings (SSSR count). The molecule has 4 nitrogen and oxygen atoms in total. The topological polar surface area (TPSA) is 47.0 Å². The Morgan fingerprint density at radius 3 is 3.09 bits per heavy atom. The molecule has 1 N–H and O–H groups in total. The summed E-state index contributed by atoms with van der Waals surface area (Å²) in [4.78, 5) is 18.6. The van der Waals surface area contributed by atoms with E-state index in [0.29, 0.717) is 17.2 Å². The van der Waals surface area contributed by atoms with Crippen LogP contribution in [0.15, 0.2) is 4.79 Å². The molecule has 22 heavy (non-hydrogen) atoms. The number of ether oxygens (including phenoxy) is 1. The van der Waals surface area contributed by atoms with Crippen LogP contribution in [-0.2, 0) is 24.1 Å². The molecule has 0 aromatic carbocycles. The maximum atomic E-state index is 13.0. The fourth-order valence-corrected chi connectivity index (χ4v) is 5.34. The Labute approximate surface area is 138 Å². The molecule has 1 saturated heterocycles. The molecule has 6 heteroatoms. The van der Waals surface area contributed by atoms with Crippen LogP contribution in [0.3, 0.4) is 0 Å². The predicted molar refractivity (Wildman–Crippen MR) is 91.4 cm³/mol. The summed E-state index contributed by atoms with van der Waals surface area (Å²) in [7, 11) is 0. The second-order valence-corrected chi connectivity index (χ2v) is 8.03. The van der Waals surface area contributed by atoms with Crippen LogP contribution < -0.4 is 5.56 Å². The van der Waals surface area contributed by atoms with Gasteiger partial charge in [-0.05, 0) is 55.8 Å². The first-order chi connectivity index (χ1) is 10.6. The highest BCUT2D eigenvalue weighted by molar-refractivity contribution is 7.71. The van der Waals surface area contributed by atoms with E-state index >= 15 is 0 Å². The van der Waals surface area contributed by atoms with Crippen LogP contribution in [-0.4, -0.2) is 22.3 Å². The number of aryl methyl sites for hydroxylation is 1. The van der Waals surface area contributed by atoms with Gasteiger partial charge in [-0.15, -0.1) is 11.3 Å². The minimum Gasteiger partial charge on any atom is -0.376 e. The number of aromatic nitrogens is 2. The van der Waals surface area contributed by atoms with E-state index in [-0.39, 0.29) is 11.7 Å². The van der Waals surface area contributed by atoms with E-state index in [0.717, 1.165) is 42.5 Å². The number of fused-ring (bicyclic) bond motifs is 3. The quantitative estimate of drug-likeness (QED) is 0.855. The highest BCUT2D eigenvalue weighted by Crippen LogP contribution is 2.35. The van der Waals surface area contributed by atoms with Gasteiger partial charge in [-0.25, -0.2) is 0 Å². The molecule has 3 heterocycles. The summed E-state index contributed by atoms with van der Waals surface area (Å²) >= 11 is 7.14. The van der Waals surface area contributed by atoms with E-state index in [2.05, 4.69) is 11.9 Å². The van der Waals surface area contributed by atoms with E-state index in [1.807, 2.05) is 0 Å². The molecule has 2 aliphatic rings. The molecular weight excluding hydrogens is 316 g/mol. The number of nitrogens with zero attached hydrogens (tertiary/aromatic N) is 1. The van der Waals surface area contributed by atoms with Crippen LogP contribution in [0.25, 0.3) is 10.2 Å². The molecule has 2 aromatic heterocycles. The third kappa shape index (κ3) is 2.37. The van der Waals surface area contributed by atoms with Crippen molar-refractivity contribution in [1.82, 2.24) is 9.55 Å². The Morgan fingerprint density at radius 1 is 1.45 bits per heavy atom. The molecule has 0 radical (unpaired) electrons. The number of nitrogens with one attached hydrogen (secondary N) is 1. The molecule has 2 aromatic rings. The van der Waals surface area contributed by atoms with Crippen LogP contribution >= 0.6 is 23.6 Å². The second-order valence-electron chi connectivity index (χ2n) is 6.54. The first kappa shape index (κ1) is 14.6. The average Bonchev–Trinajstić information content (AvgIpc) is 3.09. The van der Waals surface area contributed by atoms with Gasteiger partial charge in [0.2, 0.25) is 0 Å². The zero-order valence-electron chi connectivity index (χ0n) is 12.7. The first-order valence-electron chi connectivity index (χ1n) is 8.02. The average molecular weight is 336 g/mol. The predicted octanol–water partition coefficient (Wildman–Crippen LogP) is 3.42. The Hall–Kier alpha value is -0.980. The zero-order chi connectivity index (χ0) is 15.3. The van der Waals surface area contributed by atoms with E-state index in [1.165, 1.54) is 16.9 Å². The van der Waals surface area contributed by atoms with Crippen molar-refractivity contribution in [2.45, 2.75) is 51.7 Å². The lowest BCUT2D eigenvalue weighted by Crippen LogP contribution is -2.28. The van der Waals surface area contributed by atoms with Gasteiger partial charge in [-0.2, -0.15) is 0 Å². The summed E-state index contributed by atoms with van der Waals surface area (Å²) in [6.07, 6.45) is 5.47. The highest BCUT2D eigenvalue weighted by Gasteiger charge is 2.24. The highest BCUT2D eigenvalue weighted by atomic mass is 32.1. The molecule has 0 amide bonds. The Morgan fingerprint density at radius 2 is 2.32 bits per heavy atom. The van der Waals surface area contributed by atoms with Crippen molar-refractivity contribution in [3.8, 4) is 0 Å². The smallest absolute Gasteiger partial charge is 0.263 e. The van der Waals surface area contributed by atoms with Gasteiger partial charge in [0.15, 0.2) is 4.77 Å². The van der Waals surface area contributed by atoms with Gasteiger partial charge in [0.1, 0.15) is 4.83 Å². The standard InChI is InChI=1S/C16H20N2O2S2/c1-9-4-5-11-12(7-9)22-14-13(11)15(19)18(16(21)17-14)8-10-3-2-6-20-10/h9-10H,2-8H2,1H3,(H,17,21)/t9-,10+/m0/s1. The molecule has 1 fully saturated rings. The molecular formula is C16H20N2O2S2. The van der Waals surface area contributed by atoms with Gasteiger partial charge in [0.05, 0.1) is 18.0 Å². The molecule has 118 valence electrons. The van der Waals surface area contributed by atoms with Crippen LogP contribution in [0.4, 0.5) is 0 Å². The number of hydrogen-bond acceptors (Lipinski definition) is 4. The van der Waals surface area contributed by atoms with Crippen LogP contribution in [0.5, 0.6) is 0 Å². The molecule has 2 atom stereocenters. The number of aromatic amines is 1. The molecule has 1 aliphatic heterocycles. The van der Waals surface area contributed by atoms with Crippen molar-refractivity contribution in [3.63, 3.8) is 0 Å². The number of rotatable bonds is 2. The number of thiophene rings is 1. The van der Waals surface area contributed by atoms with Gasteiger partial charge in [-0.3, -0.25) is 9.36 Å². The van der Waals surface area contributed by atoms with Gasteiger partial charge in [0, 0.05) is 11.5 Å². The lowest BCUT2D eigenvalue weighted by atomic mass is 9.89. The number of hydrogen-bond donors (Lipinski definition) is 1. The Balaban J connectivity index is 1.85. The Kier molecular flexibility index (Phi) is 3.71. The second kappa shape index (κ2) is 5.58. The lowest BCUT2D eigenvalue weighted by molar-refractivity contribution is 0.0957. The van der Waals surface area contributed by atoms with Gasteiger partial charge in [-0.1, -0.05) is 6.92 Å². The molecule has 0 saturated carbocycles. The molecule has 0 bridgehead atoms. The van der Waals surface area contributed by atoms with Crippen LogP contribution in [0.1, 0.15) is 36.6 Å². The minimum absolute atomic E-state index is 0.0707. The van der Waals surface area contributed by atoms with Crippen molar-refractivity contribution in [3.05, 3.63) is 25.6 Å². The summed E-state index contributed by atoms with van der Waals surface area (Å²) < 4.78 is 7.90. The monoisotopic (exact) mass is 336 g/mol. The molecule has 0 spiro atoms. The SMILES string of the molecule is C[C@H]1CCc2c(sc3[nH]c(=S)n(C[C@H]4CCCO4)c(=O)c23)C1.